The number of hydrogen-bond donors (Lipinski definition) is 0. The zero-order chi connectivity index (χ0) is 25.7. The van der Waals surface area contributed by atoms with Crippen LogP contribution in [0.15, 0.2) is 34.9 Å². The van der Waals surface area contributed by atoms with Crippen molar-refractivity contribution < 1.29 is 18.8 Å². The Bertz CT molecular complexity index is 1280. The lowest BCUT2D eigenvalue weighted by Gasteiger charge is -2.30. The van der Waals surface area contributed by atoms with E-state index in [0.717, 1.165) is 43.6 Å². The van der Waals surface area contributed by atoms with Crippen LogP contribution in [0.4, 0.5) is 0 Å². The molecule has 4 rings (SSSR count). The molecule has 0 saturated carbocycles. The van der Waals surface area contributed by atoms with E-state index in [-0.39, 0.29) is 12.1 Å². The minimum absolute atomic E-state index is 0.0263. The fraction of sp³-hybridized carbons (Fsp3) is 0.429. The maximum absolute atomic E-state index is 11.6. The number of nitrogens with zero attached hydrogens (tertiary/aromatic N) is 4. The topological polar surface area (TPSA) is 101 Å². The second kappa shape index (κ2) is 11.4. The fourth-order valence-electron chi connectivity index (χ4n) is 4.57. The van der Waals surface area contributed by atoms with Crippen molar-refractivity contribution in [3.05, 3.63) is 52.6 Å². The molecule has 2 aromatic carbocycles. The molecule has 36 heavy (non-hydrogen) atoms. The van der Waals surface area contributed by atoms with Gasteiger partial charge in [-0.2, -0.15) is 10.2 Å². The first-order chi connectivity index (χ1) is 17.4. The lowest BCUT2D eigenvalue weighted by Crippen LogP contribution is -2.32. The summed E-state index contributed by atoms with van der Waals surface area (Å²) in [6, 6.07) is 11.7. The predicted molar refractivity (Wildman–Crippen MR) is 135 cm³/mol. The van der Waals surface area contributed by atoms with Crippen LogP contribution >= 0.6 is 0 Å². The summed E-state index contributed by atoms with van der Waals surface area (Å²) in [4.78, 5) is 18.6. The van der Waals surface area contributed by atoms with Crippen LogP contribution in [0.2, 0.25) is 0 Å². The molecule has 1 aliphatic rings. The molecule has 0 saturated heterocycles. The zero-order valence-electron chi connectivity index (χ0n) is 21.3. The first-order valence-electron chi connectivity index (χ1n) is 12.4. The SMILES string of the molecule is CCOC(=O)CCCN1CCc2c(ccc(-c3noc(-c4ccc(OC(C)C)c(C#N)c4)n3)c2C)C1. The third kappa shape index (κ3) is 5.74. The summed E-state index contributed by atoms with van der Waals surface area (Å²) in [6.07, 6.45) is 2.16. The molecule has 3 aromatic rings. The van der Waals surface area contributed by atoms with E-state index in [9.17, 15) is 10.1 Å². The smallest absolute Gasteiger partial charge is 0.305 e. The van der Waals surface area contributed by atoms with Crippen molar-refractivity contribution in [1.29, 1.82) is 5.26 Å². The third-order valence-electron chi connectivity index (χ3n) is 6.30. The fourth-order valence-corrected chi connectivity index (χ4v) is 4.57. The van der Waals surface area contributed by atoms with Gasteiger partial charge in [-0.1, -0.05) is 17.3 Å². The summed E-state index contributed by atoms with van der Waals surface area (Å²) in [7, 11) is 0. The Morgan fingerprint density at radius 2 is 2.11 bits per heavy atom. The number of esters is 1. The van der Waals surface area contributed by atoms with Gasteiger partial charge in [0.2, 0.25) is 5.82 Å². The number of hydrogen-bond acceptors (Lipinski definition) is 8. The van der Waals surface area contributed by atoms with Crippen molar-refractivity contribution in [2.75, 3.05) is 19.7 Å². The first kappa shape index (κ1) is 25.4. The Morgan fingerprint density at radius 3 is 2.86 bits per heavy atom. The maximum Gasteiger partial charge on any atom is 0.305 e. The molecule has 0 N–H and O–H groups in total. The molecule has 0 fully saturated rings. The Labute approximate surface area is 211 Å². The highest BCUT2D eigenvalue weighted by Gasteiger charge is 2.22. The molecule has 0 bridgehead atoms. The van der Waals surface area contributed by atoms with E-state index in [2.05, 4.69) is 34.1 Å². The highest BCUT2D eigenvalue weighted by Crippen LogP contribution is 2.32. The summed E-state index contributed by atoms with van der Waals surface area (Å²) < 4.78 is 16.3. The number of benzene rings is 2. The number of ether oxygens (including phenoxy) is 2. The summed E-state index contributed by atoms with van der Waals surface area (Å²) in [5.41, 5.74) is 5.82. The number of fused-ring (bicyclic) bond motifs is 1. The lowest BCUT2D eigenvalue weighted by atomic mass is 9.91. The molecule has 0 atom stereocenters. The molecule has 2 heterocycles. The Balaban J connectivity index is 1.48. The predicted octanol–water partition coefficient (Wildman–Crippen LogP) is 5.07. The van der Waals surface area contributed by atoms with Crippen molar-refractivity contribution in [1.82, 2.24) is 15.0 Å². The van der Waals surface area contributed by atoms with E-state index < -0.39 is 0 Å². The molecule has 0 spiro atoms. The standard InChI is InChI=1S/C28H32N4O4/c1-5-34-26(33)7-6-13-32-14-12-23-19(4)24(10-8-21(23)17-32)27-30-28(36-31-27)20-9-11-25(35-18(2)3)22(15-20)16-29/h8-11,15,18H,5-7,12-14,17H2,1-4H3. The summed E-state index contributed by atoms with van der Waals surface area (Å²) in [5.74, 6) is 1.31. The second-order valence-corrected chi connectivity index (χ2v) is 9.22. The van der Waals surface area contributed by atoms with E-state index in [1.807, 2.05) is 32.9 Å². The van der Waals surface area contributed by atoms with Crippen LogP contribution < -0.4 is 4.74 Å². The van der Waals surface area contributed by atoms with Gasteiger partial charge in [0, 0.05) is 30.6 Å². The first-order valence-corrected chi connectivity index (χ1v) is 12.4. The van der Waals surface area contributed by atoms with Crippen molar-refractivity contribution in [3.63, 3.8) is 0 Å². The van der Waals surface area contributed by atoms with Crippen LogP contribution in [-0.2, 0) is 22.5 Å². The normalized spacial score (nSPS) is 13.3. The van der Waals surface area contributed by atoms with E-state index in [0.29, 0.717) is 41.6 Å². The molecular weight excluding hydrogens is 456 g/mol. The van der Waals surface area contributed by atoms with Gasteiger partial charge in [0.05, 0.1) is 18.3 Å². The number of carbonyl (C=O) groups excluding carboxylic acids is 1. The molecule has 0 amide bonds. The van der Waals surface area contributed by atoms with E-state index in [4.69, 9.17) is 14.0 Å². The van der Waals surface area contributed by atoms with Crippen molar-refractivity contribution in [2.24, 2.45) is 0 Å². The highest BCUT2D eigenvalue weighted by atomic mass is 16.5. The molecule has 1 aromatic heterocycles. The molecule has 0 aliphatic carbocycles. The van der Waals surface area contributed by atoms with Gasteiger partial charge in [-0.3, -0.25) is 9.69 Å². The largest absolute Gasteiger partial charge is 0.490 e. The molecule has 188 valence electrons. The molecular formula is C28H32N4O4. The Morgan fingerprint density at radius 1 is 1.28 bits per heavy atom. The van der Waals surface area contributed by atoms with Crippen molar-refractivity contribution >= 4 is 5.97 Å². The van der Waals surface area contributed by atoms with Crippen LogP contribution in [0, 0.1) is 18.3 Å². The quantitative estimate of drug-likeness (QED) is 0.385. The molecule has 0 unspecified atom stereocenters. The van der Waals surface area contributed by atoms with E-state index in [1.165, 1.54) is 11.1 Å². The van der Waals surface area contributed by atoms with E-state index in [1.54, 1.807) is 12.1 Å². The van der Waals surface area contributed by atoms with E-state index >= 15 is 0 Å². The minimum atomic E-state index is -0.126. The monoisotopic (exact) mass is 488 g/mol. The average Bonchev–Trinajstić information content (AvgIpc) is 3.34. The van der Waals surface area contributed by atoms with Crippen LogP contribution in [0.5, 0.6) is 5.75 Å². The highest BCUT2D eigenvalue weighted by molar-refractivity contribution is 5.69. The minimum Gasteiger partial charge on any atom is -0.490 e. The van der Waals surface area contributed by atoms with Crippen molar-refractivity contribution in [3.8, 4) is 34.7 Å². The molecule has 8 nitrogen and oxygen atoms in total. The summed E-state index contributed by atoms with van der Waals surface area (Å²) >= 11 is 0. The van der Waals surface area contributed by atoms with Gasteiger partial charge in [0.1, 0.15) is 11.8 Å². The van der Waals surface area contributed by atoms with Crippen LogP contribution in [-0.4, -0.2) is 46.8 Å². The van der Waals surface area contributed by atoms with Gasteiger partial charge in [0.15, 0.2) is 0 Å². The average molecular weight is 489 g/mol. The Hall–Kier alpha value is -3.70. The molecule has 8 heteroatoms. The van der Waals surface area contributed by atoms with Crippen LogP contribution in [0.25, 0.3) is 22.8 Å². The molecule has 0 radical (unpaired) electrons. The van der Waals surface area contributed by atoms with Crippen molar-refractivity contribution in [2.45, 2.75) is 59.6 Å². The van der Waals surface area contributed by atoms with Gasteiger partial charge in [-0.25, -0.2) is 0 Å². The third-order valence-corrected chi connectivity index (χ3v) is 6.30. The van der Waals surface area contributed by atoms with Gasteiger partial charge >= 0.3 is 5.97 Å². The van der Waals surface area contributed by atoms with Gasteiger partial charge < -0.3 is 14.0 Å². The number of nitriles is 1. The van der Waals surface area contributed by atoms with Crippen LogP contribution in [0.3, 0.4) is 0 Å². The van der Waals surface area contributed by atoms with Crippen LogP contribution in [0.1, 0.15) is 55.9 Å². The number of carbonyl (C=O) groups is 1. The Kier molecular flexibility index (Phi) is 8.01. The lowest BCUT2D eigenvalue weighted by molar-refractivity contribution is -0.143. The number of rotatable bonds is 9. The van der Waals surface area contributed by atoms with Gasteiger partial charge in [-0.05, 0) is 82.0 Å². The molecule has 1 aliphatic heterocycles. The summed E-state index contributed by atoms with van der Waals surface area (Å²) in [6.45, 7) is 10.9. The summed E-state index contributed by atoms with van der Waals surface area (Å²) in [5, 5.41) is 13.8. The zero-order valence-corrected chi connectivity index (χ0v) is 21.3. The number of aromatic nitrogens is 2. The van der Waals surface area contributed by atoms with Gasteiger partial charge in [0.25, 0.3) is 5.89 Å². The second-order valence-electron chi connectivity index (χ2n) is 9.22. The van der Waals surface area contributed by atoms with Gasteiger partial charge in [-0.15, -0.1) is 0 Å². The maximum atomic E-state index is 11.6.